The highest BCUT2D eigenvalue weighted by atomic mass is 16.3. The molecule has 1 aliphatic carbocycles. The normalized spacial score (nSPS) is 15.2. The second kappa shape index (κ2) is 8.78. The van der Waals surface area contributed by atoms with Crippen molar-refractivity contribution in [1.82, 2.24) is 0 Å². The summed E-state index contributed by atoms with van der Waals surface area (Å²) in [6.07, 6.45) is 5.54. The third-order valence-corrected chi connectivity index (χ3v) is 5.62. The maximum absolute atomic E-state index is 9.70. The van der Waals surface area contributed by atoms with E-state index >= 15 is 0 Å². The Kier molecular flexibility index (Phi) is 6.17. The minimum Gasteiger partial charge on any atom is -0.508 e. The summed E-state index contributed by atoms with van der Waals surface area (Å²) >= 11 is 0. The van der Waals surface area contributed by atoms with Gasteiger partial charge < -0.3 is 26.8 Å². The largest absolute Gasteiger partial charge is 0.508 e. The number of hydrogen-bond acceptors (Lipinski definition) is 5. The van der Waals surface area contributed by atoms with Crippen LogP contribution in [0.1, 0.15) is 43.2 Å². The van der Waals surface area contributed by atoms with Crippen LogP contribution in [-0.2, 0) is 5.41 Å². The van der Waals surface area contributed by atoms with Gasteiger partial charge in [0.2, 0.25) is 0 Å². The molecule has 0 spiro atoms. The summed E-state index contributed by atoms with van der Waals surface area (Å²) in [7, 11) is 0. The molecule has 0 saturated heterocycles. The summed E-state index contributed by atoms with van der Waals surface area (Å²) in [5.74, 6) is 0.544. The third-order valence-electron chi connectivity index (χ3n) is 5.62. The van der Waals surface area contributed by atoms with Gasteiger partial charge >= 0.3 is 0 Å². The van der Waals surface area contributed by atoms with Crippen LogP contribution in [0, 0.1) is 0 Å². The van der Waals surface area contributed by atoms with Gasteiger partial charge in [0.1, 0.15) is 17.2 Å². The van der Waals surface area contributed by atoms with Crippen molar-refractivity contribution in [3.8, 4) is 17.2 Å². The lowest BCUT2D eigenvalue weighted by molar-refractivity contribution is 0.345. The van der Waals surface area contributed by atoms with Crippen LogP contribution in [0.25, 0.3) is 0 Å². The first-order valence-corrected chi connectivity index (χ1v) is 9.84. The van der Waals surface area contributed by atoms with Crippen LogP contribution in [0.15, 0.2) is 66.7 Å². The number of para-hydroxylation sites is 1. The van der Waals surface area contributed by atoms with E-state index in [-0.39, 0.29) is 16.9 Å². The van der Waals surface area contributed by atoms with E-state index in [9.17, 15) is 10.2 Å². The van der Waals surface area contributed by atoms with E-state index in [1.165, 1.54) is 6.42 Å². The predicted molar refractivity (Wildman–Crippen MR) is 117 cm³/mol. The van der Waals surface area contributed by atoms with Crippen LogP contribution >= 0.6 is 0 Å². The fourth-order valence-corrected chi connectivity index (χ4v) is 4.03. The molecule has 3 aromatic carbocycles. The Morgan fingerprint density at radius 1 is 0.621 bits per heavy atom. The van der Waals surface area contributed by atoms with Crippen molar-refractivity contribution in [1.29, 1.82) is 0 Å². The number of phenolic OH excluding ortho intramolecular Hbond substituents is 3. The van der Waals surface area contributed by atoms with Gasteiger partial charge in [0.25, 0.3) is 0 Å². The first-order chi connectivity index (χ1) is 13.9. The first-order valence-electron chi connectivity index (χ1n) is 9.84. The zero-order chi connectivity index (χ0) is 20.9. The van der Waals surface area contributed by atoms with Crippen molar-refractivity contribution in [2.24, 2.45) is 0 Å². The van der Waals surface area contributed by atoms with Gasteiger partial charge in [-0.1, -0.05) is 49.6 Å². The zero-order valence-electron chi connectivity index (χ0n) is 16.4. The molecule has 5 heteroatoms. The fourth-order valence-electron chi connectivity index (χ4n) is 4.03. The monoisotopic (exact) mass is 392 g/mol. The van der Waals surface area contributed by atoms with Gasteiger partial charge in [-0.05, 0) is 60.4 Å². The number of hydrogen-bond donors (Lipinski definition) is 5. The molecule has 0 bridgehead atoms. The summed E-state index contributed by atoms with van der Waals surface area (Å²) in [6, 6.07) is 19.6. The highest BCUT2D eigenvalue weighted by Gasteiger charge is 2.36. The van der Waals surface area contributed by atoms with Crippen LogP contribution in [0.4, 0.5) is 11.4 Å². The number of rotatable bonds is 2. The zero-order valence-corrected chi connectivity index (χ0v) is 16.4. The Morgan fingerprint density at radius 3 is 1.48 bits per heavy atom. The van der Waals surface area contributed by atoms with E-state index in [0.717, 1.165) is 36.8 Å². The molecule has 7 N–H and O–H groups in total. The first kappa shape index (κ1) is 20.4. The molecule has 0 aliphatic heterocycles. The molecule has 5 nitrogen and oxygen atoms in total. The average molecular weight is 392 g/mol. The molecule has 0 aromatic heterocycles. The second-order valence-electron chi connectivity index (χ2n) is 7.53. The molecule has 4 rings (SSSR count). The molecular weight excluding hydrogens is 364 g/mol. The molecular formula is C24H28N2O3. The molecule has 1 aliphatic rings. The quantitative estimate of drug-likeness (QED) is 0.314. The molecule has 0 amide bonds. The highest BCUT2D eigenvalue weighted by molar-refractivity contribution is 5.59. The summed E-state index contributed by atoms with van der Waals surface area (Å²) in [4.78, 5) is 0. The van der Waals surface area contributed by atoms with Crippen LogP contribution in [-0.4, -0.2) is 15.3 Å². The van der Waals surface area contributed by atoms with Gasteiger partial charge in [-0.25, -0.2) is 0 Å². The van der Waals surface area contributed by atoms with Gasteiger partial charge in [0, 0.05) is 5.41 Å². The van der Waals surface area contributed by atoms with Crippen LogP contribution < -0.4 is 11.5 Å². The predicted octanol–water partition coefficient (Wildman–Crippen LogP) is 4.90. The topological polar surface area (TPSA) is 113 Å². The maximum Gasteiger partial charge on any atom is 0.138 e. The number of nitrogens with two attached hydrogens (primary N) is 2. The lowest BCUT2D eigenvalue weighted by Gasteiger charge is -2.39. The molecule has 0 unspecified atom stereocenters. The third kappa shape index (κ3) is 4.57. The lowest BCUT2D eigenvalue weighted by Crippen LogP contribution is -2.30. The van der Waals surface area contributed by atoms with Gasteiger partial charge in [-0.15, -0.1) is 0 Å². The van der Waals surface area contributed by atoms with E-state index < -0.39 is 0 Å². The molecule has 1 saturated carbocycles. The minimum absolute atomic E-state index is 0.111. The van der Waals surface area contributed by atoms with E-state index in [4.69, 9.17) is 16.6 Å². The van der Waals surface area contributed by atoms with E-state index in [1.807, 2.05) is 30.3 Å². The Morgan fingerprint density at radius 2 is 1.10 bits per heavy atom. The Balaban J connectivity index is 0.000000290. The van der Waals surface area contributed by atoms with Crippen molar-refractivity contribution in [2.75, 3.05) is 11.5 Å². The smallest absolute Gasteiger partial charge is 0.138 e. The van der Waals surface area contributed by atoms with Crippen molar-refractivity contribution in [3.63, 3.8) is 0 Å². The summed E-state index contributed by atoms with van der Waals surface area (Å²) in [5.41, 5.74) is 14.7. The highest BCUT2D eigenvalue weighted by Crippen LogP contribution is 2.47. The average Bonchev–Trinajstić information content (AvgIpc) is 2.73. The Hall–Kier alpha value is -3.34. The number of nitrogen functional groups attached to an aromatic ring is 2. The van der Waals surface area contributed by atoms with Gasteiger partial charge in [0.05, 0.1) is 11.4 Å². The van der Waals surface area contributed by atoms with Gasteiger partial charge in [0.15, 0.2) is 0 Å². The SMILES string of the molecule is Nc1cc(C2(c3ccc(O)c(N)c3)CCCCC2)ccc1O.Oc1ccccc1. The summed E-state index contributed by atoms with van der Waals surface area (Å²) < 4.78 is 0. The van der Waals surface area contributed by atoms with Crippen molar-refractivity contribution < 1.29 is 15.3 Å². The van der Waals surface area contributed by atoms with Crippen molar-refractivity contribution >= 4 is 11.4 Å². The van der Waals surface area contributed by atoms with E-state index in [2.05, 4.69) is 0 Å². The van der Waals surface area contributed by atoms with Crippen molar-refractivity contribution in [2.45, 2.75) is 37.5 Å². The van der Waals surface area contributed by atoms with E-state index in [1.54, 1.807) is 36.4 Å². The summed E-state index contributed by atoms with van der Waals surface area (Å²) in [6.45, 7) is 0. The minimum atomic E-state index is -0.151. The number of anilines is 2. The number of phenols is 3. The fraction of sp³-hybridized carbons (Fsp3) is 0.250. The molecule has 152 valence electrons. The van der Waals surface area contributed by atoms with Gasteiger partial charge in [-0.2, -0.15) is 0 Å². The lowest BCUT2D eigenvalue weighted by atomic mass is 9.65. The number of benzene rings is 3. The molecule has 1 fully saturated rings. The van der Waals surface area contributed by atoms with Crippen LogP contribution in [0.3, 0.4) is 0 Å². The van der Waals surface area contributed by atoms with Crippen LogP contribution in [0.2, 0.25) is 0 Å². The maximum atomic E-state index is 9.70. The standard InChI is InChI=1S/C18H22N2O2.C6H6O/c19-14-10-12(4-6-16(14)21)18(8-2-1-3-9-18)13-5-7-17(22)15(20)11-13;7-6-4-2-1-3-5-6/h4-7,10-11,21-22H,1-3,8-9,19-20H2;1-5,7H. The van der Waals surface area contributed by atoms with E-state index in [0.29, 0.717) is 17.1 Å². The second-order valence-corrected chi connectivity index (χ2v) is 7.53. The molecule has 0 radical (unpaired) electrons. The van der Waals surface area contributed by atoms with Crippen LogP contribution in [0.5, 0.6) is 17.2 Å². The Bertz CT molecular complexity index is 898. The molecule has 0 heterocycles. The Labute approximate surface area is 171 Å². The summed E-state index contributed by atoms with van der Waals surface area (Å²) in [5, 5.41) is 28.0. The van der Waals surface area contributed by atoms with Crippen molar-refractivity contribution in [3.05, 3.63) is 77.9 Å². The molecule has 3 aromatic rings. The molecule has 0 atom stereocenters. The van der Waals surface area contributed by atoms with Gasteiger partial charge in [-0.3, -0.25) is 0 Å². The number of aromatic hydroxyl groups is 3. The molecule has 29 heavy (non-hydrogen) atoms.